The standard InChI is InChI=1S/C23H19ClF4N4O3S/c24-21-8-13(7-19(31-21)14-1-6-18(22(27)28)29-11-14)10-30-23(33)20-9-16(26)12-32(20)36(34,35)17-4-2-15(25)3-5-17/h1-8,11,16,20,22H,9-10,12H2,(H,30,33)/t16-,20+/m1/s1. The van der Waals surface area contributed by atoms with Crippen LogP contribution in [0.5, 0.6) is 0 Å². The monoisotopic (exact) mass is 542 g/mol. The number of halogens is 5. The maximum atomic E-state index is 14.2. The summed E-state index contributed by atoms with van der Waals surface area (Å²) in [5, 5.41) is 2.65. The van der Waals surface area contributed by atoms with Crippen molar-refractivity contribution in [2.45, 2.75) is 36.5 Å². The van der Waals surface area contributed by atoms with Crippen molar-refractivity contribution in [2.75, 3.05) is 6.54 Å². The molecule has 13 heteroatoms. The Morgan fingerprint density at radius 3 is 2.53 bits per heavy atom. The predicted octanol–water partition coefficient (Wildman–Crippen LogP) is 4.29. The number of amides is 1. The molecule has 0 unspecified atom stereocenters. The Labute approximate surface area is 209 Å². The van der Waals surface area contributed by atoms with Crippen molar-refractivity contribution in [1.82, 2.24) is 19.6 Å². The van der Waals surface area contributed by atoms with Crippen molar-refractivity contribution in [3.63, 3.8) is 0 Å². The van der Waals surface area contributed by atoms with Crippen LogP contribution in [0.4, 0.5) is 17.6 Å². The molecule has 3 aromatic rings. The van der Waals surface area contributed by atoms with Crippen molar-refractivity contribution in [2.24, 2.45) is 0 Å². The molecule has 0 bridgehead atoms. The van der Waals surface area contributed by atoms with Crippen LogP contribution in [0.3, 0.4) is 0 Å². The first-order valence-corrected chi connectivity index (χ1v) is 12.5. The van der Waals surface area contributed by atoms with E-state index in [-0.39, 0.29) is 23.0 Å². The topological polar surface area (TPSA) is 92.3 Å². The number of pyridine rings is 2. The number of hydrogen-bond donors (Lipinski definition) is 1. The van der Waals surface area contributed by atoms with Gasteiger partial charge in [-0.1, -0.05) is 11.6 Å². The van der Waals surface area contributed by atoms with Crippen LogP contribution in [0.25, 0.3) is 11.3 Å². The van der Waals surface area contributed by atoms with Crippen LogP contribution in [-0.4, -0.2) is 47.4 Å². The first-order valence-electron chi connectivity index (χ1n) is 10.6. The van der Waals surface area contributed by atoms with Gasteiger partial charge in [-0.15, -0.1) is 0 Å². The third kappa shape index (κ3) is 5.66. The van der Waals surface area contributed by atoms with Gasteiger partial charge in [-0.3, -0.25) is 9.78 Å². The van der Waals surface area contributed by atoms with E-state index in [1.807, 2.05) is 0 Å². The number of sulfonamides is 1. The van der Waals surface area contributed by atoms with Gasteiger partial charge in [0.05, 0.1) is 10.6 Å². The van der Waals surface area contributed by atoms with Gasteiger partial charge in [0, 0.05) is 31.3 Å². The van der Waals surface area contributed by atoms with Crippen molar-refractivity contribution in [1.29, 1.82) is 0 Å². The summed E-state index contributed by atoms with van der Waals surface area (Å²) in [6, 6.07) is 8.32. The molecule has 1 aromatic carbocycles. The van der Waals surface area contributed by atoms with Crippen LogP contribution in [0, 0.1) is 5.82 Å². The summed E-state index contributed by atoms with van der Waals surface area (Å²) in [7, 11) is -4.25. The number of nitrogens with one attached hydrogen (secondary N) is 1. The summed E-state index contributed by atoms with van der Waals surface area (Å²) in [5.41, 5.74) is 0.836. The number of aromatic nitrogens is 2. The van der Waals surface area contributed by atoms with Gasteiger partial charge < -0.3 is 5.32 Å². The summed E-state index contributed by atoms with van der Waals surface area (Å²) in [6.07, 6.45) is -3.39. The largest absolute Gasteiger partial charge is 0.351 e. The molecular weight excluding hydrogens is 524 g/mol. The van der Waals surface area contributed by atoms with Gasteiger partial charge >= 0.3 is 0 Å². The molecule has 1 fully saturated rings. The van der Waals surface area contributed by atoms with Gasteiger partial charge in [0.25, 0.3) is 6.43 Å². The summed E-state index contributed by atoms with van der Waals surface area (Å²) < 4.78 is 79.6. The van der Waals surface area contributed by atoms with Crippen molar-refractivity contribution >= 4 is 27.5 Å². The molecule has 1 amide bonds. The lowest BCUT2D eigenvalue weighted by Crippen LogP contribution is -2.45. The highest BCUT2D eigenvalue weighted by molar-refractivity contribution is 7.89. The molecule has 0 spiro atoms. The van der Waals surface area contributed by atoms with E-state index >= 15 is 0 Å². The van der Waals surface area contributed by atoms with E-state index in [1.165, 1.54) is 18.3 Å². The summed E-state index contributed by atoms with van der Waals surface area (Å²) >= 11 is 6.08. The molecule has 2 aromatic heterocycles. The molecule has 1 aliphatic rings. The van der Waals surface area contributed by atoms with E-state index < -0.39 is 52.6 Å². The predicted molar refractivity (Wildman–Crippen MR) is 123 cm³/mol. The zero-order valence-corrected chi connectivity index (χ0v) is 20.0. The fourth-order valence-corrected chi connectivity index (χ4v) is 5.65. The second-order valence-corrected chi connectivity index (χ2v) is 10.3. The number of hydrogen-bond acceptors (Lipinski definition) is 5. The van der Waals surface area contributed by atoms with Gasteiger partial charge in [-0.25, -0.2) is 31.0 Å². The third-order valence-electron chi connectivity index (χ3n) is 5.55. The number of rotatable bonds is 7. The van der Waals surface area contributed by atoms with E-state index in [9.17, 15) is 30.8 Å². The van der Waals surface area contributed by atoms with Crippen molar-refractivity contribution in [3.05, 3.63) is 77.0 Å². The van der Waals surface area contributed by atoms with Crippen LogP contribution in [0.15, 0.2) is 59.6 Å². The van der Waals surface area contributed by atoms with Crippen LogP contribution in [0.2, 0.25) is 5.15 Å². The second-order valence-electron chi connectivity index (χ2n) is 8.05. The Morgan fingerprint density at radius 2 is 1.89 bits per heavy atom. The van der Waals surface area contributed by atoms with Crippen LogP contribution >= 0.6 is 11.6 Å². The number of alkyl halides is 3. The number of benzene rings is 1. The minimum atomic E-state index is -4.25. The van der Waals surface area contributed by atoms with Crippen LogP contribution in [-0.2, 0) is 21.4 Å². The number of carbonyl (C=O) groups excluding carboxylic acids is 1. The molecule has 190 valence electrons. The highest BCUT2D eigenvalue weighted by Crippen LogP contribution is 2.29. The van der Waals surface area contributed by atoms with Gasteiger partial charge in [-0.2, -0.15) is 4.31 Å². The van der Waals surface area contributed by atoms with E-state index in [0.29, 0.717) is 16.8 Å². The Balaban J connectivity index is 1.50. The molecular formula is C23H19ClF4N4O3S. The Hall–Kier alpha value is -3.09. The summed E-state index contributed by atoms with van der Waals surface area (Å²) in [5.74, 6) is -1.36. The summed E-state index contributed by atoms with van der Waals surface area (Å²) in [4.78, 5) is 20.4. The van der Waals surface area contributed by atoms with Crippen molar-refractivity contribution < 1.29 is 30.8 Å². The fraction of sp³-hybridized carbons (Fsp3) is 0.261. The van der Waals surface area contributed by atoms with Gasteiger partial charge in [0.1, 0.15) is 28.9 Å². The maximum absolute atomic E-state index is 14.2. The van der Waals surface area contributed by atoms with Crippen LogP contribution in [0.1, 0.15) is 24.1 Å². The van der Waals surface area contributed by atoms with E-state index in [2.05, 4.69) is 15.3 Å². The molecule has 0 radical (unpaired) electrons. The molecule has 2 atom stereocenters. The Kier molecular flexibility index (Phi) is 7.57. The van der Waals surface area contributed by atoms with Crippen molar-refractivity contribution in [3.8, 4) is 11.3 Å². The minimum absolute atomic E-state index is 0.0693. The second kappa shape index (κ2) is 10.5. The molecule has 0 saturated carbocycles. The minimum Gasteiger partial charge on any atom is -0.351 e. The maximum Gasteiger partial charge on any atom is 0.280 e. The van der Waals surface area contributed by atoms with Gasteiger partial charge in [-0.05, 0) is 54.1 Å². The molecule has 3 heterocycles. The van der Waals surface area contributed by atoms with Crippen LogP contribution < -0.4 is 5.32 Å². The smallest absolute Gasteiger partial charge is 0.280 e. The average molecular weight is 543 g/mol. The SMILES string of the molecule is O=C(NCc1cc(Cl)nc(-c2ccc(C(F)F)nc2)c1)[C@@H]1C[C@@H](F)CN1S(=O)(=O)c1ccc(F)cc1. The highest BCUT2D eigenvalue weighted by Gasteiger charge is 2.44. The van der Waals surface area contributed by atoms with Gasteiger partial charge in [0.2, 0.25) is 15.9 Å². The lowest BCUT2D eigenvalue weighted by atomic mass is 10.1. The molecule has 0 aliphatic carbocycles. The first-order chi connectivity index (χ1) is 17.0. The lowest BCUT2D eigenvalue weighted by molar-refractivity contribution is -0.124. The Bertz CT molecular complexity index is 1360. The number of carbonyl (C=O) groups is 1. The molecule has 1 aliphatic heterocycles. The molecule has 7 nitrogen and oxygen atoms in total. The molecule has 36 heavy (non-hydrogen) atoms. The first kappa shape index (κ1) is 26.0. The Morgan fingerprint density at radius 1 is 1.17 bits per heavy atom. The highest BCUT2D eigenvalue weighted by atomic mass is 35.5. The third-order valence-corrected chi connectivity index (χ3v) is 7.64. The molecule has 4 rings (SSSR count). The average Bonchev–Trinajstić information content (AvgIpc) is 3.25. The zero-order chi connectivity index (χ0) is 26.0. The fourth-order valence-electron chi connectivity index (χ4n) is 3.79. The lowest BCUT2D eigenvalue weighted by Gasteiger charge is -2.23. The normalized spacial score (nSPS) is 18.5. The van der Waals surface area contributed by atoms with E-state index in [4.69, 9.17) is 11.6 Å². The zero-order valence-electron chi connectivity index (χ0n) is 18.4. The van der Waals surface area contributed by atoms with E-state index in [0.717, 1.165) is 34.6 Å². The van der Waals surface area contributed by atoms with Gasteiger partial charge in [0.15, 0.2) is 0 Å². The quantitative estimate of drug-likeness (QED) is 0.355. The van der Waals surface area contributed by atoms with E-state index in [1.54, 1.807) is 6.07 Å². The number of nitrogens with zero attached hydrogens (tertiary/aromatic N) is 3. The summed E-state index contributed by atoms with van der Waals surface area (Å²) in [6.45, 7) is -0.598. The molecule has 1 saturated heterocycles. The molecule has 1 N–H and O–H groups in total.